The van der Waals surface area contributed by atoms with Gasteiger partial charge >= 0.3 is 11.9 Å². The molecule has 106 valence electrons. The minimum Gasteiger partial charge on any atom is -0.504 e. The maximum atomic E-state index is 11.5. The number of phenolic OH excluding ortho intramolecular Hbond substituents is 2. The zero-order valence-electron chi connectivity index (χ0n) is 11.1. The van der Waals surface area contributed by atoms with Gasteiger partial charge in [-0.05, 0) is 26.0 Å². The highest BCUT2D eigenvalue weighted by Crippen LogP contribution is 2.43. The van der Waals surface area contributed by atoms with Gasteiger partial charge in [-0.1, -0.05) is 13.2 Å². The first-order chi connectivity index (χ1) is 9.23. The van der Waals surface area contributed by atoms with Crippen molar-refractivity contribution in [2.75, 3.05) is 0 Å². The zero-order valence-corrected chi connectivity index (χ0v) is 11.1. The third-order valence-electron chi connectivity index (χ3n) is 2.17. The molecule has 1 rings (SSSR count). The van der Waals surface area contributed by atoms with Crippen LogP contribution in [0.1, 0.15) is 13.8 Å². The average Bonchev–Trinajstić information content (AvgIpc) is 2.37. The third kappa shape index (κ3) is 3.38. The van der Waals surface area contributed by atoms with Crippen LogP contribution in [0.25, 0.3) is 0 Å². The molecule has 1 aromatic rings. The maximum Gasteiger partial charge on any atom is 0.338 e. The second-order valence-corrected chi connectivity index (χ2v) is 4.10. The molecule has 0 unspecified atom stereocenters. The molecule has 0 aliphatic rings. The van der Waals surface area contributed by atoms with Crippen molar-refractivity contribution < 1.29 is 29.3 Å². The lowest BCUT2D eigenvalue weighted by Crippen LogP contribution is -2.12. The Hall–Kier alpha value is -2.76. The zero-order chi connectivity index (χ0) is 15.4. The Bertz CT molecular complexity index is 600. The van der Waals surface area contributed by atoms with Gasteiger partial charge in [0.2, 0.25) is 11.5 Å². The quantitative estimate of drug-likeness (QED) is 0.379. The lowest BCUT2D eigenvalue weighted by molar-refractivity contribution is -0.132. The van der Waals surface area contributed by atoms with Gasteiger partial charge in [0.15, 0.2) is 11.5 Å². The van der Waals surface area contributed by atoms with Crippen molar-refractivity contribution in [3.05, 3.63) is 36.4 Å². The molecule has 0 fully saturated rings. The normalized spacial score (nSPS) is 9.70. The van der Waals surface area contributed by atoms with Gasteiger partial charge in [-0.25, -0.2) is 9.59 Å². The van der Waals surface area contributed by atoms with Gasteiger partial charge in [0.25, 0.3) is 0 Å². The van der Waals surface area contributed by atoms with E-state index in [9.17, 15) is 19.8 Å². The topological polar surface area (TPSA) is 93.1 Å². The maximum absolute atomic E-state index is 11.5. The van der Waals surface area contributed by atoms with Crippen LogP contribution >= 0.6 is 0 Å². The van der Waals surface area contributed by atoms with Crippen LogP contribution in [-0.2, 0) is 9.59 Å². The summed E-state index contributed by atoms with van der Waals surface area (Å²) in [5.41, 5.74) is 0.194. The van der Waals surface area contributed by atoms with Crippen LogP contribution in [0.4, 0.5) is 0 Å². The van der Waals surface area contributed by atoms with Crippen molar-refractivity contribution in [2.45, 2.75) is 13.8 Å². The molecule has 0 aliphatic heterocycles. The monoisotopic (exact) mass is 278 g/mol. The summed E-state index contributed by atoms with van der Waals surface area (Å²) in [5, 5.41) is 19.1. The molecule has 0 spiro atoms. The summed E-state index contributed by atoms with van der Waals surface area (Å²) in [6, 6.07) is 2.27. The summed E-state index contributed by atoms with van der Waals surface area (Å²) >= 11 is 0. The number of esters is 2. The van der Waals surface area contributed by atoms with Crippen LogP contribution in [0.15, 0.2) is 36.4 Å². The van der Waals surface area contributed by atoms with Gasteiger partial charge in [0, 0.05) is 11.1 Å². The third-order valence-corrected chi connectivity index (χ3v) is 2.17. The van der Waals surface area contributed by atoms with Gasteiger partial charge < -0.3 is 19.7 Å². The van der Waals surface area contributed by atoms with Gasteiger partial charge in [-0.15, -0.1) is 0 Å². The molecular weight excluding hydrogens is 264 g/mol. The predicted molar refractivity (Wildman–Crippen MR) is 70.7 cm³/mol. The first-order valence-electron chi connectivity index (χ1n) is 5.54. The number of carbonyl (C=O) groups is 2. The molecule has 6 heteroatoms. The highest BCUT2D eigenvalue weighted by molar-refractivity contribution is 5.91. The van der Waals surface area contributed by atoms with E-state index in [4.69, 9.17) is 9.47 Å². The Morgan fingerprint density at radius 1 is 1.00 bits per heavy atom. The van der Waals surface area contributed by atoms with Crippen LogP contribution in [0, 0.1) is 0 Å². The van der Waals surface area contributed by atoms with Crippen molar-refractivity contribution in [3.63, 3.8) is 0 Å². The van der Waals surface area contributed by atoms with Crippen LogP contribution in [0.5, 0.6) is 23.0 Å². The molecule has 2 N–H and O–H groups in total. The van der Waals surface area contributed by atoms with E-state index in [0.29, 0.717) is 0 Å². The molecule has 0 amide bonds. The fraction of sp³-hybridized carbons (Fsp3) is 0.143. The first-order valence-corrected chi connectivity index (χ1v) is 5.54. The first kappa shape index (κ1) is 15.3. The number of hydrogen-bond acceptors (Lipinski definition) is 6. The number of ether oxygens (including phenoxy) is 2. The fourth-order valence-electron chi connectivity index (χ4n) is 1.09. The number of carbonyl (C=O) groups excluding carboxylic acids is 2. The van der Waals surface area contributed by atoms with E-state index in [0.717, 1.165) is 6.07 Å². The van der Waals surface area contributed by atoms with E-state index in [1.54, 1.807) is 0 Å². The number of hydrogen-bond donors (Lipinski definition) is 2. The van der Waals surface area contributed by atoms with Gasteiger partial charge in [0.05, 0.1) is 0 Å². The van der Waals surface area contributed by atoms with E-state index in [-0.39, 0.29) is 16.9 Å². The Balaban J connectivity index is 3.21. The second-order valence-electron chi connectivity index (χ2n) is 4.10. The van der Waals surface area contributed by atoms with Crippen molar-refractivity contribution in [1.82, 2.24) is 0 Å². The number of rotatable bonds is 4. The molecule has 0 heterocycles. The summed E-state index contributed by atoms with van der Waals surface area (Å²) in [5.74, 6) is -3.52. The molecule has 0 radical (unpaired) electrons. The van der Waals surface area contributed by atoms with E-state index >= 15 is 0 Å². The van der Waals surface area contributed by atoms with Crippen LogP contribution in [-0.4, -0.2) is 22.2 Å². The summed E-state index contributed by atoms with van der Waals surface area (Å²) in [7, 11) is 0. The molecule has 0 atom stereocenters. The highest BCUT2D eigenvalue weighted by atomic mass is 16.6. The van der Waals surface area contributed by atoms with Crippen molar-refractivity contribution in [1.29, 1.82) is 0 Å². The van der Waals surface area contributed by atoms with E-state index in [1.165, 1.54) is 19.9 Å². The molecule has 0 aliphatic carbocycles. The molecule has 0 saturated heterocycles. The van der Waals surface area contributed by atoms with Gasteiger partial charge in [0.1, 0.15) is 0 Å². The minimum absolute atomic E-state index is 0.0740. The number of aromatic hydroxyl groups is 2. The van der Waals surface area contributed by atoms with E-state index in [2.05, 4.69) is 13.2 Å². The Morgan fingerprint density at radius 2 is 1.50 bits per heavy atom. The summed E-state index contributed by atoms with van der Waals surface area (Å²) in [4.78, 5) is 22.9. The van der Waals surface area contributed by atoms with Crippen molar-refractivity contribution in [2.24, 2.45) is 0 Å². The molecule has 0 aromatic heterocycles. The molecule has 6 nitrogen and oxygen atoms in total. The van der Waals surface area contributed by atoms with Crippen molar-refractivity contribution >= 4 is 11.9 Å². The predicted octanol–water partition coefficient (Wildman–Crippen LogP) is 2.06. The molecular formula is C14H14O6. The SMILES string of the molecule is C=C(C)C(=O)Oc1ccc(O)c(O)c1OC(=O)C(=C)C. The summed E-state index contributed by atoms with van der Waals surface area (Å²) < 4.78 is 9.75. The van der Waals surface area contributed by atoms with Crippen LogP contribution in [0.2, 0.25) is 0 Å². The van der Waals surface area contributed by atoms with Gasteiger partial charge in [-0.2, -0.15) is 0 Å². The van der Waals surface area contributed by atoms with Crippen LogP contribution in [0.3, 0.4) is 0 Å². The van der Waals surface area contributed by atoms with Gasteiger partial charge in [-0.3, -0.25) is 0 Å². The second kappa shape index (κ2) is 5.92. The van der Waals surface area contributed by atoms with Crippen LogP contribution < -0.4 is 9.47 Å². The molecule has 20 heavy (non-hydrogen) atoms. The largest absolute Gasteiger partial charge is 0.504 e. The molecule has 0 bridgehead atoms. The number of benzene rings is 1. The minimum atomic E-state index is -0.835. The lowest BCUT2D eigenvalue weighted by Gasteiger charge is -2.12. The molecule has 1 aromatic carbocycles. The summed E-state index contributed by atoms with van der Waals surface area (Å²) in [6.45, 7) is 9.62. The lowest BCUT2D eigenvalue weighted by atomic mass is 10.2. The Morgan fingerprint density at radius 3 is 2.00 bits per heavy atom. The molecule has 0 saturated carbocycles. The number of phenols is 2. The Labute approximate surface area is 115 Å². The van der Waals surface area contributed by atoms with E-state index < -0.39 is 29.2 Å². The summed E-state index contributed by atoms with van der Waals surface area (Å²) in [6.07, 6.45) is 0. The Kier molecular flexibility index (Phi) is 4.53. The highest BCUT2D eigenvalue weighted by Gasteiger charge is 2.21. The fourth-order valence-corrected chi connectivity index (χ4v) is 1.09. The van der Waals surface area contributed by atoms with Crippen molar-refractivity contribution in [3.8, 4) is 23.0 Å². The van der Waals surface area contributed by atoms with E-state index in [1.807, 2.05) is 0 Å². The standard InChI is InChI=1S/C14H14O6/c1-7(2)13(17)19-10-6-5-9(15)11(16)12(10)20-14(18)8(3)4/h5-6,15-16H,1,3H2,2,4H3. The average molecular weight is 278 g/mol. The smallest absolute Gasteiger partial charge is 0.338 e.